The monoisotopic (exact) mass is 332 g/mol. The highest BCUT2D eigenvalue weighted by Crippen LogP contribution is 2.25. The van der Waals surface area contributed by atoms with Crippen LogP contribution in [0.3, 0.4) is 0 Å². The van der Waals surface area contributed by atoms with Crippen LogP contribution in [0.2, 0.25) is 0 Å². The Morgan fingerprint density at radius 2 is 2.05 bits per heavy atom. The fourth-order valence-electron chi connectivity index (χ4n) is 2.58. The van der Waals surface area contributed by atoms with Gasteiger partial charge in [-0.05, 0) is 18.2 Å². The lowest BCUT2D eigenvalue weighted by molar-refractivity contribution is 0.575. The van der Waals surface area contributed by atoms with Crippen molar-refractivity contribution in [3.05, 3.63) is 29.0 Å². The van der Waals surface area contributed by atoms with E-state index in [1.807, 2.05) is 22.7 Å². The summed E-state index contributed by atoms with van der Waals surface area (Å²) < 4.78 is 2.85. The molecule has 6 nitrogen and oxygen atoms in total. The summed E-state index contributed by atoms with van der Waals surface area (Å²) in [6, 6.07) is 6.05. The van der Waals surface area contributed by atoms with Crippen LogP contribution in [0.5, 0.6) is 0 Å². The molecule has 0 radical (unpaired) electrons. The van der Waals surface area contributed by atoms with Crippen molar-refractivity contribution >= 4 is 38.4 Å². The topological polar surface area (TPSA) is 58.4 Å². The van der Waals surface area contributed by atoms with Crippen molar-refractivity contribution in [3.63, 3.8) is 0 Å². The van der Waals surface area contributed by atoms with Gasteiger partial charge in [0.15, 0.2) is 5.65 Å². The molecule has 0 atom stereocenters. The number of rotatable bonds is 1. The van der Waals surface area contributed by atoms with Gasteiger partial charge in [-0.15, -0.1) is 0 Å². The standard InChI is InChI=1S/C13H13BrN6/c14-9-1-2-11-10(7-9)12-16-8-17-20(12)13(18-11)19-5-3-15-4-6-19/h1-2,7-8,15H,3-6H2. The molecule has 3 heterocycles. The van der Waals surface area contributed by atoms with E-state index in [2.05, 4.69) is 36.2 Å². The third-order valence-corrected chi connectivity index (χ3v) is 4.05. The average Bonchev–Trinajstić information content (AvgIpc) is 2.97. The molecule has 0 saturated carbocycles. The predicted octanol–water partition coefficient (Wildman–Crippen LogP) is 1.45. The second-order valence-corrected chi connectivity index (χ2v) is 5.72. The summed E-state index contributed by atoms with van der Waals surface area (Å²) >= 11 is 3.50. The molecule has 0 unspecified atom stereocenters. The van der Waals surface area contributed by atoms with Gasteiger partial charge in [0.25, 0.3) is 0 Å². The summed E-state index contributed by atoms with van der Waals surface area (Å²) in [5.74, 6) is 0.869. The van der Waals surface area contributed by atoms with Crippen LogP contribution >= 0.6 is 15.9 Å². The van der Waals surface area contributed by atoms with Crippen molar-refractivity contribution in [1.29, 1.82) is 0 Å². The molecular formula is C13H13BrN6. The van der Waals surface area contributed by atoms with E-state index in [0.29, 0.717) is 0 Å². The first-order valence-electron chi connectivity index (χ1n) is 6.57. The molecule has 1 saturated heterocycles. The molecule has 1 aromatic carbocycles. The summed E-state index contributed by atoms with van der Waals surface area (Å²) in [5.41, 5.74) is 1.80. The lowest BCUT2D eigenvalue weighted by Crippen LogP contribution is -2.44. The van der Waals surface area contributed by atoms with Gasteiger partial charge in [0.2, 0.25) is 5.95 Å². The molecule has 1 aliphatic heterocycles. The van der Waals surface area contributed by atoms with Crippen LogP contribution in [0, 0.1) is 0 Å². The van der Waals surface area contributed by atoms with Gasteiger partial charge in [0, 0.05) is 36.0 Å². The van der Waals surface area contributed by atoms with Crippen molar-refractivity contribution < 1.29 is 0 Å². The van der Waals surface area contributed by atoms with E-state index in [-0.39, 0.29) is 0 Å². The number of halogens is 1. The Morgan fingerprint density at radius 1 is 1.20 bits per heavy atom. The van der Waals surface area contributed by atoms with E-state index in [4.69, 9.17) is 4.98 Å². The largest absolute Gasteiger partial charge is 0.338 e. The van der Waals surface area contributed by atoms with Crippen LogP contribution < -0.4 is 10.2 Å². The molecule has 3 aromatic rings. The Labute approximate surface area is 123 Å². The van der Waals surface area contributed by atoms with Gasteiger partial charge >= 0.3 is 0 Å². The smallest absolute Gasteiger partial charge is 0.229 e. The highest BCUT2D eigenvalue weighted by atomic mass is 79.9. The fraction of sp³-hybridized carbons (Fsp3) is 0.308. The summed E-state index contributed by atoms with van der Waals surface area (Å²) in [6.07, 6.45) is 1.59. The van der Waals surface area contributed by atoms with Gasteiger partial charge in [-0.1, -0.05) is 15.9 Å². The molecule has 102 valence electrons. The third-order valence-electron chi connectivity index (χ3n) is 3.56. The van der Waals surface area contributed by atoms with Crippen LogP contribution in [0.1, 0.15) is 0 Å². The number of piperazine rings is 1. The third kappa shape index (κ3) is 1.85. The number of fused-ring (bicyclic) bond motifs is 3. The Hall–Kier alpha value is -1.73. The van der Waals surface area contributed by atoms with E-state index >= 15 is 0 Å². The molecule has 20 heavy (non-hydrogen) atoms. The molecule has 0 spiro atoms. The Bertz CT molecular complexity index is 777. The van der Waals surface area contributed by atoms with Gasteiger partial charge in [-0.25, -0.2) is 9.97 Å². The fourth-order valence-corrected chi connectivity index (χ4v) is 2.94. The van der Waals surface area contributed by atoms with E-state index < -0.39 is 0 Å². The van der Waals surface area contributed by atoms with Crippen LogP contribution in [-0.4, -0.2) is 45.8 Å². The van der Waals surface area contributed by atoms with E-state index in [0.717, 1.165) is 53.2 Å². The number of benzene rings is 1. The first-order chi connectivity index (χ1) is 9.83. The number of hydrogen-bond donors (Lipinski definition) is 1. The van der Waals surface area contributed by atoms with Gasteiger partial charge < -0.3 is 10.2 Å². The molecule has 0 bridgehead atoms. The molecule has 1 aliphatic rings. The van der Waals surface area contributed by atoms with Gasteiger partial charge in [-0.2, -0.15) is 9.61 Å². The minimum absolute atomic E-state index is 0.852. The zero-order chi connectivity index (χ0) is 13.5. The zero-order valence-corrected chi connectivity index (χ0v) is 12.3. The number of aromatic nitrogens is 4. The lowest BCUT2D eigenvalue weighted by Gasteiger charge is -2.28. The number of anilines is 1. The molecule has 0 amide bonds. The summed E-state index contributed by atoms with van der Waals surface area (Å²) in [6.45, 7) is 3.81. The van der Waals surface area contributed by atoms with Crippen molar-refractivity contribution in [1.82, 2.24) is 24.9 Å². The van der Waals surface area contributed by atoms with Crippen LogP contribution in [0.25, 0.3) is 16.6 Å². The Balaban J connectivity index is 1.99. The van der Waals surface area contributed by atoms with Gasteiger partial charge in [-0.3, -0.25) is 0 Å². The molecule has 1 N–H and O–H groups in total. The van der Waals surface area contributed by atoms with Crippen molar-refractivity contribution in [2.24, 2.45) is 0 Å². The first kappa shape index (κ1) is 12.0. The molecule has 2 aromatic heterocycles. The van der Waals surface area contributed by atoms with Gasteiger partial charge in [0.05, 0.1) is 5.52 Å². The number of hydrogen-bond acceptors (Lipinski definition) is 5. The number of nitrogens with zero attached hydrogens (tertiary/aromatic N) is 5. The summed E-state index contributed by atoms with van der Waals surface area (Å²) in [5, 5.41) is 8.70. The maximum absolute atomic E-state index is 4.78. The SMILES string of the molecule is Brc1ccc2nc(N3CCNCC3)n3ncnc3c2c1. The molecule has 7 heteroatoms. The van der Waals surface area contributed by atoms with E-state index in [1.54, 1.807) is 6.33 Å². The minimum atomic E-state index is 0.852. The quantitative estimate of drug-likeness (QED) is 0.730. The Morgan fingerprint density at radius 3 is 2.90 bits per heavy atom. The summed E-state index contributed by atoms with van der Waals surface area (Å²) in [4.78, 5) is 11.4. The first-order valence-corrected chi connectivity index (χ1v) is 7.37. The highest BCUT2D eigenvalue weighted by Gasteiger charge is 2.18. The Kier molecular flexibility index (Phi) is 2.82. The molecular weight excluding hydrogens is 320 g/mol. The van der Waals surface area contributed by atoms with E-state index in [9.17, 15) is 0 Å². The summed E-state index contributed by atoms with van der Waals surface area (Å²) in [7, 11) is 0. The molecule has 1 fully saturated rings. The van der Waals surface area contributed by atoms with Crippen molar-refractivity contribution in [2.75, 3.05) is 31.1 Å². The lowest BCUT2D eigenvalue weighted by atomic mass is 10.2. The predicted molar refractivity (Wildman–Crippen MR) is 81.1 cm³/mol. The van der Waals surface area contributed by atoms with Crippen LogP contribution in [0.4, 0.5) is 5.95 Å². The van der Waals surface area contributed by atoms with Crippen LogP contribution in [0.15, 0.2) is 29.0 Å². The van der Waals surface area contributed by atoms with Gasteiger partial charge in [0.1, 0.15) is 6.33 Å². The van der Waals surface area contributed by atoms with E-state index in [1.165, 1.54) is 0 Å². The second-order valence-electron chi connectivity index (χ2n) is 4.81. The number of nitrogens with one attached hydrogen (secondary N) is 1. The van der Waals surface area contributed by atoms with Crippen molar-refractivity contribution in [3.8, 4) is 0 Å². The normalized spacial score (nSPS) is 16.1. The zero-order valence-electron chi connectivity index (χ0n) is 10.8. The minimum Gasteiger partial charge on any atom is -0.338 e. The van der Waals surface area contributed by atoms with Crippen LogP contribution in [-0.2, 0) is 0 Å². The second kappa shape index (κ2) is 4.68. The highest BCUT2D eigenvalue weighted by molar-refractivity contribution is 9.10. The maximum atomic E-state index is 4.78. The molecule has 4 rings (SSSR count). The van der Waals surface area contributed by atoms with Crippen molar-refractivity contribution in [2.45, 2.75) is 0 Å². The average molecular weight is 333 g/mol. The maximum Gasteiger partial charge on any atom is 0.229 e. The molecule has 0 aliphatic carbocycles.